The number of carbonyl (C=O) groups excluding carboxylic acids is 2. The van der Waals surface area contributed by atoms with E-state index in [1.54, 1.807) is 13.1 Å². The molecule has 1 spiro atoms. The normalized spacial score (nSPS) is 24.8. The molecular formula is C12H11N3O4. The van der Waals surface area contributed by atoms with Gasteiger partial charge in [-0.2, -0.15) is 0 Å². The number of hydrogen-bond donors (Lipinski definition) is 1. The van der Waals surface area contributed by atoms with E-state index >= 15 is 0 Å². The van der Waals surface area contributed by atoms with Gasteiger partial charge in [-0.05, 0) is 11.1 Å². The van der Waals surface area contributed by atoms with Gasteiger partial charge in [0.15, 0.2) is 0 Å². The molecule has 98 valence electrons. The van der Waals surface area contributed by atoms with Crippen LogP contribution >= 0.6 is 0 Å². The van der Waals surface area contributed by atoms with E-state index < -0.39 is 16.5 Å². The number of nitro groups is 1. The summed E-state index contributed by atoms with van der Waals surface area (Å²) in [4.78, 5) is 35.2. The highest BCUT2D eigenvalue weighted by atomic mass is 16.6. The van der Waals surface area contributed by atoms with Gasteiger partial charge in [-0.3, -0.25) is 20.2 Å². The topological polar surface area (TPSA) is 92.6 Å². The Hall–Kier alpha value is -2.44. The van der Waals surface area contributed by atoms with Gasteiger partial charge in [0.1, 0.15) is 5.54 Å². The minimum atomic E-state index is -0.922. The standard InChI is InChI=1S/C12H11N3O4/c1-14-11(17)13-10(16)12(14)5-7-2-3-9(15(18)19)4-8(7)6-12/h2-4H,5-6H2,1H3,(H,13,16,17). The first kappa shape index (κ1) is 11.6. The van der Waals surface area contributed by atoms with E-state index in [0.29, 0.717) is 12.8 Å². The molecule has 1 aliphatic carbocycles. The molecule has 1 unspecified atom stereocenters. The zero-order valence-corrected chi connectivity index (χ0v) is 10.2. The van der Waals surface area contributed by atoms with E-state index in [-0.39, 0.29) is 11.6 Å². The predicted molar refractivity (Wildman–Crippen MR) is 64.5 cm³/mol. The number of imide groups is 1. The van der Waals surface area contributed by atoms with Crippen LogP contribution in [0, 0.1) is 10.1 Å². The summed E-state index contributed by atoms with van der Waals surface area (Å²) in [6.45, 7) is 0. The fraction of sp³-hybridized carbons (Fsp3) is 0.333. The van der Waals surface area contributed by atoms with Gasteiger partial charge in [-0.25, -0.2) is 4.79 Å². The summed E-state index contributed by atoms with van der Waals surface area (Å²) in [6.07, 6.45) is 0.715. The molecule has 0 bridgehead atoms. The van der Waals surface area contributed by atoms with Crippen LogP contribution in [-0.2, 0) is 17.6 Å². The molecule has 1 fully saturated rings. The molecule has 3 amide bonds. The zero-order chi connectivity index (χ0) is 13.8. The second-order valence-electron chi connectivity index (χ2n) is 4.91. The monoisotopic (exact) mass is 261 g/mol. The zero-order valence-electron chi connectivity index (χ0n) is 10.2. The van der Waals surface area contributed by atoms with Gasteiger partial charge in [-0.1, -0.05) is 6.07 Å². The number of nitrogens with zero attached hydrogens (tertiary/aromatic N) is 2. The first-order valence-corrected chi connectivity index (χ1v) is 5.79. The van der Waals surface area contributed by atoms with E-state index in [0.717, 1.165) is 11.1 Å². The Kier molecular flexibility index (Phi) is 2.16. The summed E-state index contributed by atoms with van der Waals surface area (Å²) in [5.41, 5.74) is 0.714. The van der Waals surface area contributed by atoms with Crippen LogP contribution in [0.2, 0.25) is 0 Å². The molecule has 1 atom stereocenters. The highest BCUT2D eigenvalue weighted by Gasteiger charge is 2.54. The maximum atomic E-state index is 12.0. The summed E-state index contributed by atoms with van der Waals surface area (Å²) in [5.74, 6) is -0.334. The number of likely N-dealkylation sites (N-methyl/N-ethyl adjacent to an activating group) is 1. The molecule has 7 heteroatoms. The molecule has 1 aliphatic heterocycles. The first-order valence-electron chi connectivity index (χ1n) is 5.79. The summed E-state index contributed by atoms with van der Waals surface area (Å²) >= 11 is 0. The van der Waals surface area contributed by atoms with E-state index in [1.807, 2.05) is 0 Å². The van der Waals surface area contributed by atoms with E-state index in [2.05, 4.69) is 5.32 Å². The molecule has 1 heterocycles. The summed E-state index contributed by atoms with van der Waals surface area (Å²) in [6, 6.07) is 4.14. The Morgan fingerprint density at radius 2 is 2.00 bits per heavy atom. The number of amides is 3. The number of rotatable bonds is 1. The lowest BCUT2D eigenvalue weighted by Crippen LogP contribution is -2.48. The third-order valence-corrected chi connectivity index (χ3v) is 3.96. The highest BCUT2D eigenvalue weighted by molar-refractivity contribution is 6.07. The minimum absolute atomic E-state index is 0.00295. The number of benzene rings is 1. The SMILES string of the molecule is CN1C(=O)NC(=O)C12Cc1ccc([N+](=O)[O-])cc1C2. The molecule has 1 aromatic carbocycles. The van der Waals surface area contributed by atoms with Gasteiger partial charge in [0.05, 0.1) is 4.92 Å². The molecule has 0 radical (unpaired) electrons. The predicted octanol–water partition coefficient (Wildman–Crippen LogP) is 0.614. The molecule has 7 nitrogen and oxygen atoms in total. The fourth-order valence-electron chi connectivity index (χ4n) is 2.80. The first-order chi connectivity index (χ1) is 8.94. The number of urea groups is 1. The van der Waals surface area contributed by atoms with Gasteiger partial charge in [0.25, 0.3) is 11.6 Å². The van der Waals surface area contributed by atoms with E-state index in [4.69, 9.17) is 0 Å². The maximum absolute atomic E-state index is 12.0. The highest BCUT2D eigenvalue weighted by Crippen LogP contribution is 2.38. The molecule has 1 N–H and O–H groups in total. The Labute approximate surface area is 108 Å². The van der Waals surface area contributed by atoms with Crippen LogP contribution < -0.4 is 5.32 Å². The summed E-state index contributed by atoms with van der Waals surface area (Å²) < 4.78 is 0. The molecule has 1 saturated heterocycles. The van der Waals surface area contributed by atoms with E-state index in [1.165, 1.54) is 17.0 Å². The smallest absolute Gasteiger partial charge is 0.312 e. The van der Waals surface area contributed by atoms with E-state index in [9.17, 15) is 19.7 Å². The maximum Gasteiger partial charge on any atom is 0.324 e. The van der Waals surface area contributed by atoms with Crippen molar-refractivity contribution in [2.45, 2.75) is 18.4 Å². The third kappa shape index (κ3) is 1.44. The average molecular weight is 261 g/mol. The van der Waals surface area contributed by atoms with Gasteiger partial charge < -0.3 is 4.90 Å². The van der Waals surface area contributed by atoms with Crippen molar-refractivity contribution in [1.29, 1.82) is 0 Å². The summed E-state index contributed by atoms with van der Waals surface area (Å²) in [7, 11) is 1.57. The molecule has 2 aliphatic rings. The largest absolute Gasteiger partial charge is 0.324 e. The van der Waals surface area contributed by atoms with Crippen LogP contribution in [-0.4, -0.2) is 34.3 Å². The van der Waals surface area contributed by atoms with Crippen molar-refractivity contribution in [3.63, 3.8) is 0 Å². The quantitative estimate of drug-likeness (QED) is 0.455. The van der Waals surface area contributed by atoms with Crippen LogP contribution in [0.1, 0.15) is 11.1 Å². The number of hydrogen-bond acceptors (Lipinski definition) is 4. The lowest BCUT2D eigenvalue weighted by Gasteiger charge is -2.27. The van der Waals surface area contributed by atoms with Crippen LogP contribution in [0.4, 0.5) is 10.5 Å². The van der Waals surface area contributed by atoms with Crippen molar-refractivity contribution in [2.75, 3.05) is 7.05 Å². The second-order valence-corrected chi connectivity index (χ2v) is 4.91. The van der Waals surface area contributed by atoms with Crippen LogP contribution in [0.3, 0.4) is 0 Å². The molecule has 3 rings (SSSR count). The summed E-state index contributed by atoms with van der Waals surface area (Å²) in [5, 5.41) is 13.0. The number of non-ortho nitro benzene ring substituents is 1. The van der Waals surface area contributed by atoms with Crippen molar-refractivity contribution in [2.24, 2.45) is 0 Å². The molecular weight excluding hydrogens is 250 g/mol. The van der Waals surface area contributed by atoms with Crippen molar-refractivity contribution in [3.8, 4) is 0 Å². The van der Waals surface area contributed by atoms with Crippen LogP contribution in [0.5, 0.6) is 0 Å². The van der Waals surface area contributed by atoms with Crippen molar-refractivity contribution in [1.82, 2.24) is 10.2 Å². The van der Waals surface area contributed by atoms with Crippen LogP contribution in [0.15, 0.2) is 18.2 Å². The number of carbonyl (C=O) groups is 2. The molecule has 19 heavy (non-hydrogen) atoms. The number of nitrogens with one attached hydrogen (secondary N) is 1. The number of nitro benzene ring substituents is 1. The molecule has 0 aromatic heterocycles. The van der Waals surface area contributed by atoms with Gasteiger partial charge in [0.2, 0.25) is 0 Å². The minimum Gasteiger partial charge on any atom is -0.312 e. The fourth-order valence-corrected chi connectivity index (χ4v) is 2.80. The van der Waals surface area contributed by atoms with Gasteiger partial charge in [0, 0.05) is 32.0 Å². The number of fused-ring (bicyclic) bond motifs is 1. The third-order valence-electron chi connectivity index (χ3n) is 3.96. The molecule has 0 saturated carbocycles. The van der Waals surface area contributed by atoms with Crippen molar-refractivity contribution < 1.29 is 14.5 Å². The van der Waals surface area contributed by atoms with Crippen molar-refractivity contribution in [3.05, 3.63) is 39.4 Å². The average Bonchev–Trinajstić information content (AvgIpc) is 2.84. The Balaban J connectivity index is 2.02. The van der Waals surface area contributed by atoms with Crippen molar-refractivity contribution >= 4 is 17.6 Å². The Morgan fingerprint density at radius 1 is 1.32 bits per heavy atom. The lowest BCUT2D eigenvalue weighted by molar-refractivity contribution is -0.384. The van der Waals surface area contributed by atoms with Gasteiger partial charge >= 0.3 is 6.03 Å². The van der Waals surface area contributed by atoms with Gasteiger partial charge in [-0.15, -0.1) is 0 Å². The molecule has 1 aromatic rings. The second kappa shape index (κ2) is 3.53. The lowest BCUT2D eigenvalue weighted by atomic mass is 9.95. The Bertz CT molecular complexity index is 627. The van der Waals surface area contributed by atoms with Crippen LogP contribution in [0.25, 0.3) is 0 Å². The Morgan fingerprint density at radius 3 is 2.58 bits per heavy atom.